The summed E-state index contributed by atoms with van der Waals surface area (Å²) in [6.07, 6.45) is 0. The molecule has 0 bridgehead atoms. The molecule has 1 aromatic carbocycles. The number of aromatic nitrogens is 2. The largest absolute Gasteiger partial charge is 0.478 e. The van der Waals surface area contributed by atoms with Gasteiger partial charge >= 0.3 is 5.97 Å². The fraction of sp³-hybridized carbons (Fsp3) is 0.273. The highest BCUT2D eigenvalue weighted by Crippen LogP contribution is 2.23. The molecule has 3 N–H and O–H groups in total. The molecule has 0 saturated carbocycles. The third-order valence-corrected chi connectivity index (χ3v) is 2.59. The Morgan fingerprint density at radius 3 is 2.88 bits per heavy atom. The van der Waals surface area contributed by atoms with Crippen molar-refractivity contribution < 1.29 is 14.6 Å². The number of fused-ring (bicyclic) bond motifs is 1. The number of imidazole rings is 1. The summed E-state index contributed by atoms with van der Waals surface area (Å²) in [7, 11) is 3.32. The first-order valence-electron chi connectivity index (χ1n) is 5.01. The van der Waals surface area contributed by atoms with Crippen molar-refractivity contribution >= 4 is 22.7 Å². The normalized spacial score (nSPS) is 10.9. The standard InChI is InChI=1S/C11H13N3O3/c1-14-9(5-17-2)13-8-4-6(12)3-7(10(8)14)11(15)16/h3-4H,5,12H2,1-2H3,(H,15,16). The quantitative estimate of drug-likeness (QED) is 0.774. The van der Waals surface area contributed by atoms with Crippen molar-refractivity contribution in [2.24, 2.45) is 7.05 Å². The average Bonchev–Trinajstić information content (AvgIpc) is 2.55. The van der Waals surface area contributed by atoms with Crippen LogP contribution >= 0.6 is 0 Å². The van der Waals surface area contributed by atoms with E-state index in [1.165, 1.54) is 6.07 Å². The molecule has 0 unspecified atom stereocenters. The molecule has 0 aliphatic rings. The fourth-order valence-corrected chi connectivity index (χ4v) is 1.84. The lowest BCUT2D eigenvalue weighted by Crippen LogP contribution is -2.04. The number of methoxy groups -OCH3 is 1. The van der Waals surface area contributed by atoms with Gasteiger partial charge in [0.25, 0.3) is 0 Å². The van der Waals surface area contributed by atoms with E-state index in [2.05, 4.69) is 4.98 Å². The predicted octanol–water partition coefficient (Wildman–Crippen LogP) is 1.00. The summed E-state index contributed by atoms with van der Waals surface area (Å²) in [6.45, 7) is 0.324. The summed E-state index contributed by atoms with van der Waals surface area (Å²) < 4.78 is 6.72. The molecule has 0 spiro atoms. The van der Waals surface area contributed by atoms with Crippen LogP contribution in [0.5, 0.6) is 0 Å². The number of hydrogen-bond donors (Lipinski definition) is 2. The first-order chi connectivity index (χ1) is 8.04. The monoisotopic (exact) mass is 235 g/mol. The fourth-order valence-electron chi connectivity index (χ4n) is 1.84. The van der Waals surface area contributed by atoms with Crippen molar-refractivity contribution in [3.63, 3.8) is 0 Å². The van der Waals surface area contributed by atoms with Crippen LogP contribution in [-0.4, -0.2) is 27.7 Å². The number of carboxylic acid groups (broad SMARTS) is 1. The zero-order valence-electron chi connectivity index (χ0n) is 9.60. The molecule has 2 rings (SSSR count). The number of nitrogens with zero attached hydrogens (tertiary/aromatic N) is 2. The van der Waals surface area contributed by atoms with Crippen LogP contribution in [0.2, 0.25) is 0 Å². The van der Waals surface area contributed by atoms with Gasteiger partial charge in [0.2, 0.25) is 0 Å². The van der Waals surface area contributed by atoms with Gasteiger partial charge in [0.15, 0.2) is 0 Å². The third-order valence-electron chi connectivity index (χ3n) is 2.59. The van der Waals surface area contributed by atoms with Crippen molar-refractivity contribution in [3.8, 4) is 0 Å². The van der Waals surface area contributed by atoms with Crippen molar-refractivity contribution in [2.75, 3.05) is 12.8 Å². The van der Waals surface area contributed by atoms with Gasteiger partial charge in [0, 0.05) is 19.8 Å². The van der Waals surface area contributed by atoms with E-state index >= 15 is 0 Å². The molecule has 2 aromatic rings. The van der Waals surface area contributed by atoms with Gasteiger partial charge in [-0.15, -0.1) is 0 Å². The maximum Gasteiger partial charge on any atom is 0.337 e. The summed E-state index contributed by atoms with van der Waals surface area (Å²) in [5.74, 6) is -0.357. The second-order valence-electron chi connectivity index (χ2n) is 3.76. The van der Waals surface area contributed by atoms with Crippen LogP contribution in [0.25, 0.3) is 11.0 Å². The summed E-state index contributed by atoms with van der Waals surface area (Å²) in [5.41, 5.74) is 7.31. The molecule has 0 fully saturated rings. The molecule has 0 saturated heterocycles. The van der Waals surface area contributed by atoms with Gasteiger partial charge in [0.1, 0.15) is 12.4 Å². The first-order valence-corrected chi connectivity index (χ1v) is 5.01. The van der Waals surface area contributed by atoms with Gasteiger partial charge in [-0.1, -0.05) is 0 Å². The lowest BCUT2D eigenvalue weighted by Gasteiger charge is -2.04. The number of aromatic carboxylic acids is 1. The molecule has 0 radical (unpaired) electrons. The number of carbonyl (C=O) groups is 1. The number of hydrogen-bond acceptors (Lipinski definition) is 4. The number of aryl methyl sites for hydroxylation is 1. The lowest BCUT2D eigenvalue weighted by atomic mass is 10.1. The first kappa shape index (κ1) is 11.4. The Bertz CT molecular complexity index is 589. The SMILES string of the molecule is COCc1nc2cc(N)cc(C(=O)O)c2n1C. The van der Waals surface area contributed by atoms with Gasteiger partial charge in [-0.05, 0) is 12.1 Å². The van der Waals surface area contributed by atoms with Gasteiger partial charge in [-0.2, -0.15) is 0 Å². The Hall–Kier alpha value is -2.08. The molecule has 1 heterocycles. The highest BCUT2D eigenvalue weighted by atomic mass is 16.5. The van der Waals surface area contributed by atoms with Crippen LogP contribution in [0.3, 0.4) is 0 Å². The van der Waals surface area contributed by atoms with Crippen LogP contribution in [-0.2, 0) is 18.4 Å². The summed E-state index contributed by atoms with van der Waals surface area (Å²) >= 11 is 0. The minimum Gasteiger partial charge on any atom is -0.478 e. The average molecular weight is 235 g/mol. The molecule has 6 heteroatoms. The Balaban J connectivity index is 2.77. The predicted molar refractivity (Wildman–Crippen MR) is 62.8 cm³/mol. The molecule has 0 amide bonds. The van der Waals surface area contributed by atoms with Gasteiger partial charge in [-0.25, -0.2) is 9.78 Å². The number of ether oxygens (including phenoxy) is 1. The molecular formula is C11H13N3O3. The van der Waals surface area contributed by atoms with E-state index in [0.29, 0.717) is 29.2 Å². The minimum atomic E-state index is -1.02. The molecule has 6 nitrogen and oxygen atoms in total. The van der Waals surface area contributed by atoms with E-state index in [9.17, 15) is 4.79 Å². The summed E-state index contributed by atoms with van der Waals surface area (Å²) in [5, 5.41) is 9.14. The molecule has 0 atom stereocenters. The summed E-state index contributed by atoms with van der Waals surface area (Å²) in [4.78, 5) is 15.5. The van der Waals surface area contributed by atoms with E-state index in [-0.39, 0.29) is 5.56 Å². The number of nitrogen functional groups attached to an aromatic ring is 1. The number of benzene rings is 1. The Kier molecular flexibility index (Phi) is 2.72. The van der Waals surface area contributed by atoms with E-state index in [1.807, 2.05) is 0 Å². The second kappa shape index (κ2) is 4.06. The molecule has 0 aliphatic carbocycles. The highest BCUT2D eigenvalue weighted by molar-refractivity contribution is 6.02. The van der Waals surface area contributed by atoms with Crippen LogP contribution in [0.4, 0.5) is 5.69 Å². The maximum atomic E-state index is 11.2. The van der Waals surface area contributed by atoms with Crippen molar-refractivity contribution in [2.45, 2.75) is 6.61 Å². The van der Waals surface area contributed by atoms with Gasteiger partial charge in [-0.3, -0.25) is 0 Å². The minimum absolute atomic E-state index is 0.150. The van der Waals surface area contributed by atoms with Crippen molar-refractivity contribution in [1.29, 1.82) is 0 Å². The van der Waals surface area contributed by atoms with E-state index < -0.39 is 5.97 Å². The maximum absolute atomic E-state index is 11.2. The van der Waals surface area contributed by atoms with E-state index in [1.54, 1.807) is 24.8 Å². The third kappa shape index (κ3) is 1.83. The van der Waals surface area contributed by atoms with Crippen LogP contribution in [0.15, 0.2) is 12.1 Å². The Morgan fingerprint density at radius 2 is 2.29 bits per heavy atom. The highest BCUT2D eigenvalue weighted by Gasteiger charge is 2.16. The molecule has 90 valence electrons. The Labute approximate surface area is 97.6 Å². The zero-order chi connectivity index (χ0) is 12.6. The number of carboxylic acids is 1. The summed E-state index contributed by atoms with van der Waals surface area (Å²) in [6, 6.07) is 3.09. The molecule has 1 aromatic heterocycles. The van der Waals surface area contributed by atoms with Crippen molar-refractivity contribution in [1.82, 2.24) is 9.55 Å². The van der Waals surface area contributed by atoms with Crippen LogP contribution in [0, 0.1) is 0 Å². The zero-order valence-corrected chi connectivity index (χ0v) is 9.60. The second-order valence-corrected chi connectivity index (χ2v) is 3.76. The van der Waals surface area contributed by atoms with E-state index in [4.69, 9.17) is 15.6 Å². The van der Waals surface area contributed by atoms with Crippen LogP contribution in [0.1, 0.15) is 16.2 Å². The van der Waals surface area contributed by atoms with E-state index in [0.717, 1.165) is 0 Å². The van der Waals surface area contributed by atoms with Gasteiger partial charge in [0.05, 0.1) is 16.6 Å². The number of anilines is 1. The number of nitrogens with two attached hydrogens (primary N) is 1. The molecular weight excluding hydrogens is 222 g/mol. The topological polar surface area (TPSA) is 90.4 Å². The number of rotatable bonds is 3. The van der Waals surface area contributed by atoms with Gasteiger partial charge < -0.3 is 20.1 Å². The van der Waals surface area contributed by atoms with Crippen LogP contribution < -0.4 is 5.73 Å². The Morgan fingerprint density at radius 1 is 1.59 bits per heavy atom. The smallest absolute Gasteiger partial charge is 0.337 e. The lowest BCUT2D eigenvalue weighted by molar-refractivity contribution is 0.0698. The van der Waals surface area contributed by atoms with Crippen molar-refractivity contribution in [3.05, 3.63) is 23.5 Å². The molecule has 0 aliphatic heterocycles. The molecule has 17 heavy (non-hydrogen) atoms.